The quantitative estimate of drug-likeness (QED) is 0.626. The van der Waals surface area contributed by atoms with Crippen molar-refractivity contribution in [3.8, 4) is 0 Å². The Morgan fingerprint density at radius 1 is 1.13 bits per heavy atom. The molecule has 0 saturated carbocycles. The van der Waals surface area contributed by atoms with Crippen molar-refractivity contribution in [2.75, 3.05) is 0 Å². The molecule has 0 spiro atoms. The predicted molar refractivity (Wildman–Crippen MR) is 68.6 cm³/mol. The molecule has 15 heavy (non-hydrogen) atoms. The maximum atomic E-state index is 3.69. The molecular weight excluding hydrogens is 180 g/mol. The molecule has 0 unspecified atom stereocenters. The SMILES string of the molecule is C=C/C=C(\C=C/C)/C=C\c1ccccc1. The van der Waals surface area contributed by atoms with E-state index in [4.69, 9.17) is 0 Å². The van der Waals surface area contributed by atoms with Crippen LogP contribution in [0.25, 0.3) is 6.08 Å². The van der Waals surface area contributed by atoms with Crippen molar-refractivity contribution < 1.29 is 0 Å². The van der Waals surface area contributed by atoms with Crippen LogP contribution in [0.4, 0.5) is 0 Å². The van der Waals surface area contributed by atoms with Gasteiger partial charge in [0.05, 0.1) is 0 Å². The highest BCUT2D eigenvalue weighted by molar-refractivity contribution is 5.54. The van der Waals surface area contributed by atoms with Crippen LogP contribution < -0.4 is 0 Å². The average molecular weight is 196 g/mol. The van der Waals surface area contributed by atoms with Crippen LogP contribution >= 0.6 is 0 Å². The maximum absolute atomic E-state index is 3.69. The van der Waals surface area contributed by atoms with E-state index in [2.05, 4.69) is 36.9 Å². The fourth-order valence-corrected chi connectivity index (χ4v) is 1.25. The predicted octanol–water partition coefficient (Wildman–Crippen LogP) is 4.39. The minimum Gasteiger partial charge on any atom is -0.0990 e. The van der Waals surface area contributed by atoms with Crippen molar-refractivity contribution >= 4 is 6.08 Å². The van der Waals surface area contributed by atoms with Gasteiger partial charge in [0.2, 0.25) is 0 Å². The van der Waals surface area contributed by atoms with Crippen molar-refractivity contribution in [1.82, 2.24) is 0 Å². The first kappa shape index (κ1) is 11.3. The highest BCUT2D eigenvalue weighted by Gasteiger charge is 1.85. The summed E-state index contributed by atoms with van der Waals surface area (Å²) in [5.41, 5.74) is 2.35. The third-order valence-electron chi connectivity index (χ3n) is 1.94. The van der Waals surface area contributed by atoms with Gasteiger partial charge >= 0.3 is 0 Å². The average Bonchev–Trinajstić information content (AvgIpc) is 2.28. The minimum absolute atomic E-state index is 1.15. The zero-order chi connectivity index (χ0) is 10.9. The van der Waals surface area contributed by atoms with E-state index in [1.807, 2.05) is 37.3 Å². The van der Waals surface area contributed by atoms with Crippen LogP contribution in [0.15, 0.2) is 72.9 Å². The summed E-state index contributed by atoms with van der Waals surface area (Å²) in [6, 6.07) is 10.2. The summed E-state index contributed by atoms with van der Waals surface area (Å²) in [6.45, 7) is 5.70. The lowest BCUT2D eigenvalue weighted by Crippen LogP contribution is -1.72. The Bertz CT molecular complexity index is 378. The van der Waals surface area contributed by atoms with Crippen LogP contribution in [0, 0.1) is 0 Å². The van der Waals surface area contributed by atoms with Crippen molar-refractivity contribution in [3.05, 3.63) is 78.4 Å². The molecule has 0 heteroatoms. The molecule has 0 aromatic heterocycles. The Labute approximate surface area is 92.0 Å². The largest absolute Gasteiger partial charge is 0.0990 e. The van der Waals surface area contributed by atoms with Gasteiger partial charge in [0.15, 0.2) is 0 Å². The number of benzene rings is 1. The Hall–Kier alpha value is -1.82. The van der Waals surface area contributed by atoms with Gasteiger partial charge in [-0.25, -0.2) is 0 Å². The molecule has 0 atom stereocenters. The second-order valence-electron chi connectivity index (χ2n) is 3.15. The van der Waals surface area contributed by atoms with Crippen LogP contribution in [-0.4, -0.2) is 0 Å². The zero-order valence-electron chi connectivity index (χ0n) is 9.06. The van der Waals surface area contributed by atoms with Crippen LogP contribution in [0.2, 0.25) is 0 Å². The lowest BCUT2D eigenvalue weighted by Gasteiger charge is -1.93. The van der Waals surface area contributed by atoms with E-state index in [1.165, 1.54) is 5.56 Å². The van der Waals surface area contributed by atoms with Crippen molar-refractivity contribution in [2.24, 2.45) is 0 Å². The van der Waals surface area contributed by atoms with Crippen LogP contribution in [0.1, 0.15) is 12.5 Å². The van der Waals surface area contributed by atoms with E-state index in [0.29, 0.717) is 0 Å². The summed E-state index contributed by atoms with van der Waals surface area (Å²) < 4.78 is 0. The smallest absolute Gasteiger partial charge is 0.0256 e. The molecule has 0 aliphatic rings. The topological polar surface area (TPSA) is 0 Å². The Morgan fingerprint density at radius 2 is 1.87 bits per heavy atom. The fourth-order valence-electron chi connectivity index (χ4n) is 1.25. The third-order valence-corrected chi connectivity index (χ3v) is 1.94. The van der Waals surface area contributed by atoms with Crippen molar-refractivity contribution in [2.45, 2.75) is 6.92 Å². The molecule has 0 N–H and O–H groups in total. The third kappa shape index (κ3) is 4.28. The normalized spacial score (nSPS) is 12.5. The molecule has 0 bridgehead atoms. The second kappa shape index (κ2) is 6.61. The summed E-state index contributed by atoms with van der Waals surface area (Å²) in [7, 11) is 0. The number of allylic oxidation sites excluding steroid dienone is 6. The van der Waals surface area contributed by atoms with Gasteiger partial charge in [-0.15, -0.1) is 0 Å². The van der Waals surface area contributed by atoms with Gasteiger partial charge in [-0.2, -0.15) is 0 Å². The van der Waals surface area contributed by atoms with Gasteiger partial charge in [0.1, 0.15) is 0 Å². The molecule has 0 fully saturated rings. The van der Waals surface area contributed by atoms with E-state index in [-0.39, 0.29) is 0 Å². The van der Waals surface area contributed by atoms with Crippen LogP contribution in [0.3, 0.4) is 0 Å². The maximum Gasteiger partial charge on any atom is -0.0256 e. The second-order valence-corrected chi connectivity index (χ2v) is 3.15. The van der Waals surface area contributed by atoms with Crippen LogP contribution in [0.5, 0.6) is 0 Å². The highest BCUT2D eigenvalue weighted by Crippen LogP contribution is 2.06. The molecule has 0 amide bonds. The standard InChI is InChI=1S/C15H16/c1-3-8-14(9-4-2)12-13-15-10-6-5-7-11-15/h3-13H,1H2,2H3/b9-4-,13-12-,14-8+. The lowest BCUT2D eigenvalue weighted by atomic mass is 10.1. The first-order valence-corrected chi connectivity index (χ1v) is 5.05. The Kier molecular flexibility index (Phi) is 4.96. The lowest BCUT2D eigenvalue weighted by molar-refractivity contribution is 1.62. The summed E-state index contributed by atoms with van der Waals surface area (Å²) in [4.78, 5) is 0. The minimum atomic E-state index is 1.15. The van der Waals surface area contributed by atoms with Gasteiger partial charge in [-0.3, -0.25) is 0 Å². The van der Waals surface area contributed by atoms with Crippen molar-refractivity contribution in [3.63, 3.8) is 0 Å². The molecular formula is C15H16. The molecule has 0 heterocycles. The Balaban J connectivity index is 2.79. The van der Waals surface area contributed by atoms with Gasteiger partial charge in [0.25, 0.3) is 0 Å². The molecule has 0 radical (unpaired) electrons. The summed E-state index contributed by atoms with van der Waals surface area (Å²) >= 11 is 0. The van der Waals surface area contributed by atoms with Gasteiger partial charge in [-0.1, -0.05) is 73.4 Å². The number of rotatable bonds is 4. The molecule has 0 nitrogen and oxygen atoms in total. The van der Waals surface area contributed by atoms with Gasteiger partial charge in [-0.05, 0) is 18.1 Å². The molecule has 0 aliphatic heterocycles. The first-order chi connectivity index (χ1) is 7.36. The van der Waals surface area contributed by atoms with E-state index < -0.39 is 0 Å². The van der Waals surface area contributed by atoms with E-state index in [9.17, 15) is 0 Å². The summed E-state index contributed by atoms with van der Waals surface area (Å²) in [6.07, 6.45) is 12.0. The van der Waals surface area contributed by atoms with Gasteiger partial charge < -0.3 is 0 Å². The molecule has 1 aromatic rings. The Morgan fingerprint density at radius 3 is 2.47 bits per heavy atom. The highest BCUT2D eigenvalue weighted by atomic mass is 13.9. The molecule has 1 aromatic carbocycles. The van der Waals surface area contributed by atoms with Gasteiger partial charge in [0, 0.05) is 0 Å². The molecule has 0 saturated heterocycles. The number of hydrogen-bond acceptors (Lipinski definition) is 0. The molecule has 0 aliphatic carbocycles. The van der Waals surface area contributed by atoms with Crippen LogP contribution in [-0.2, 0) is 0 Å². The summed E-state index contributed by atoms with van der Waals surface area (Å²) in [5, 5.41) is 0. The zero-order valence-corrected chi connectivity index (χ0v) is 9.06. The fraction of sp³-hybridized carbons (Fsp3) is 0.0667. The number of hydrogen-bond donors (Lipinski definition) is 0. The van der Waals surface area contributed by atoms with E-state index in [0.717, 1.165) is 5.57 Å². The molecule has 76 valence electrons. The first-order valence-electron chi connectivity index (χ1n) is 5.05. The molecule has 1 rings (SSSR count). The van der Waals surface area contributed by atoms with E-state index >= 15 is 0 Å². The van der Waals surface area contributed by atoms with Crippen molar-refractivity contribution in [1.29, 1.82) is 0 Å². The van der Waals surface area contributed by atoms with E-state index in [1.54, 1.807) is 6.08 Å². The monoisotopic (exact) mass is 196 g/mol. The summed E-state index contributed by atoms with van der Waals surface area (Å²) in [5.74, 6) is 0.